The molecule has 0 saturated carbocycles. The molecule has 23 heavy (non-hydrogen) atoms. The topological polar surface area (TPSA) is 37.3 Å². The van der Waals surface area contributed by atoms with Gasteiger partial charge in [-0.15, -0.1) is 0 Å². The maximum absolute atomic E-state index is 10.9. The molecule has 1 N–H and O–H groups in total. The van der Waals surface area contributed by atoms with E-state index in [1.54, 1.807) is 0 Å². The Hall–Kier alpha value is -0.530. The van der Waals surface area contributed by atoms with Crippen LogP contribution in [0.25, 0.3) is 0 Å². The van der Waals surface area contributed by atoms with Gasteiger partial charge in [0.15, 0.2) is 0 Å². The Morgan fingerprint density at radius 1 is 0.652 bits per heavy atom. The van der Waals surface area contributed by atoms with Crippen molar-refractivity contribution in [3.8, 4) is 0 Å². The smallest absolute Gasteiger partial charge is 0.306 e. The molecule has 0 aromatic heterocycles. The molecule has 138 valence electrons. The van der Waals surface area contributed by atoms with Crippen LogP contribution in [0.4, 0.5) is 0 Å². The predicted octanol–water partition coefficient (Wildman–Crippen LogP) is 7.36. The zero-order valence-electron chi connectivity index (χ0n) is 16.0. The van der Waals surface area contributed by atoms with E-state index < -0.39 is 5.97 Å². The van der Waals surface area contributed by atoms with E-state index in [0.717, 1.165) is 19.3 Å². The van der Waals surface area contributed by atoms with Crippen molar-refractivity contribution < 1.29 is 9.90 Å². The molecule has 0 aromatic carbocycles. The van der Waals surface area contributed by atoms with Crippen LogP contribution in [0.2, 0.25) is 0 Å². The molecule has 0 aliphatic heterocycles. The highest BCUT2D eigenvalue weighted by Gasteiger charge is 2.13. The standard InChI is InChI=1S/C21H42O2/c1-3-5-6-7-8-9-10-11-12-13-14-15-16-17-18-19-20(4-2)21(22)23/h20H,3-19H2,1-2H3,(H,22,23). The van der Waals surface area contributed by atoms with Gasteiger partial charge in [0.25, 0.3) is 0 Å². The Morgan fingerprint density at radius 3 is 1.30 bits per heavy atom. The predicted molar refractivity (Wildman–Crippen MR) is 101 cm³/mol. The van der Waals surface area contributed by atoms with Crippen molar-refractivity contribution in [3.63, 3.8) is 0 Å². The zero-order chi connectivity index (χ0) is 17.2. The quantitative estimate of drug-likeness (QED) is 0.267. The summed E-state index contributed by atoms with van der Waals surface area (Å²) in [6, 6.07) is 0. The molecule has 0 aromatic rings. The monoisotopic (exact) mass is 326 g/mol. The minimum Gasteiger partial charge on any atom is -0.481 e. The van der Waals surface area contributed by atoms with Crippen LogP contribution < -0.4 is 0 Å². The van der Waals surface area contributed by atoms with Crippen LogP contribution in [0.15, 0.2) is 0 Å². The Morgan fingerprint density at radius 2 is 1.00 bits per heavy atom. The van der Waals surface area contributed by atoms with Crippen LogP contribution in [-0.4, -0.2) is 11.1 Å². The number of carboxylic acid groups (broad SMARTS) is 1. The molecular weight excluding hydrogens is 284 g/mol. The van der Waals surface area contributed by atoms with Crippen LogP contribution in [-0.2, 0) is 4.79 Å². The number of hydrogen-bond donors (Lipinski definition) is 1. The number of carbonyl (C=O) groups is 1. The molecule has 0 amide bonds. The highest BCUT2D eigenvalue weighted by molar-refractivity contribution is 5.69. The van der Waals surface area contributed by atoms with Gasteiger partial charge in [0.1, 0.15) is 0 Å². The summed E-state index contributed by atoms with van der Waals surface area (Å²) in [7, 11) is 0. The van der Waals surface area contributed by atoms with Gasteiger partial charge in [-0.3, -0.25) is 4.79 Å². The molecule has 2 heteroatoms. The van der Waals surface area contributed by atoms with Gasteiger partial charge in [-0.2, -0.15) is 0 Å². The van der Waals surface area contributed by atoms with E-state index in [1.165, 1.54) is 89.9 Å². The summed E-state index contributed by atoms with van der Waals surface area (Å²) in [5.41, 5.74) is 0. The Labute approximate surface area is 145 Å². The van der Waals surface area contributed by atoms with Crippen molar-refractivity contribution in [2.24, 2.45) is 5.92 Å². The van der Waals surface area contributed by atoms with Crippen molar-refractivity contribution in [3.05, 3.63) is 0 Å². The summed E-state index contributed by atoms with van der Waals surface area (Å²) in [5, 5.41) is 8.99. The lowest BCUT2D eigenvalue weighted by Gasteiger charge is -2.08. The minimum atomic E-state index is -0.613. The van der Waals surface area contributed by atoms with E-state index in [9.17, 15) is 4.79 Å². The summed E-state index contributed by atoms with van der Waals surface area (Å²) in [6.45, 7) is 4.25. The first-order valence-electron chi connectivity index (χ1n) is 10.4. The molecule has 2 nitrogen and oxygen atoms in total. The van der Waals surface area contributed by atoms with E-state index >= 15 is 0 Å². The first-order valence-corrected chi connectivity index (χ1v) is 10.4. The summed E-state index contributed by atoms with van der Waals surface area (Å²) in [4.78, 5) is 10.9. The van der Waals surface area contributed by atoms with Crippen molar-refractivity contribution in [1.82, 2.24) is 0 Å². The molecule has 1 atom stereocenters. The van der Waals surface area contributed by atoms with Crippen molar-refractivity contribution >= 4 is 5.97 Å². The average Bonchev–Trinajstić information content (AvgIpc) is 2.54. The van der Waals surface area contributed by atoms with Gasteiger partial charge in [-0.25, -0.2) is 0 Å². The van der Waals surface area contributed by atoms with E-state index in [1.807, 2.05) is 6.92 Å². The van der Waals surface area contributed by atoms with Gasteiger partial charge < -0.3 is 5.11 Å². The Bertz CT molecular complexity index is 250. The lowest BCUT2D eigenvalue weighted by Crippen LogP contribution is -2.12. The third kappa shape index (κ3) is 16.1. The third-order valence-electron chi connectivity index (χ3n) is 5.00. The number of carboxylic acids is 1. The highest BCUT2D eigenvalue weighted by Crippen LogP contribution is 2.16. The largest absolute Gasteiger partial charge is 0.481 e. The summed E-state index contributed by atoms with van der Waals surface area (Å²) < 4.78 is 0. The van der Waals surface area contributed by atoms with Gasteiger partial charge in [-0.1, -0.05) is 110 Å². The summed E-state index contributed by atoms with van der Waals surface area (Å²) in [5.74, 6) is -0.727. The fourth-order valence-electron chi connectivity index (χ4n) is 3.26. The van der Waals surface area contributed by atoms with E-state index in [-0.39, 0.29) is 5.92 Å². The Kier molecular flexibility index (Phi) is 17.4. The van der Waals surface area contributed by atoms with Crippen molar-refractivity contribution in [1.29, 1.82) is 0 Å². The van der Waals surface area contributed by atoms with Crippen molar-refractivity contribution in [2.75, 3.05) is 0 Å². The van der Waals surface area contributed by atoms with Crippen LogP contribution in [0.5, 0.6) is 0 Å². The molecule has 0 rings (SSSR count). The second kappa shape index (κ2) is 17.8. The summed E-state index contributed by atoms with van der Waals surface area (Å²) >= 11 is 0. The van der Waals surface area contributed by atoms with E-state index in [0.29, 0.717) is 0 Å². The highest BCUT2D eigenvalue weighted by atomic mass is 16.4. The number of rotatable bonds is 18. The molecule has 1 unspecified atom stereocenters. The number of aliphatic carboxylic acids is 1. The molecule has 0 saturated heterocycles. The van der Waals surface area contributed by atoms with Gasteiger partial charge in [0.05, 0.1) is 5.92 Å². The van der Waals surface area contributed by atoms with Gasteiger partial charge in [0.2, 0.25) is 0 Å². The lowest BCUT2D eigenvalue weighted by atomic mass is 9.98. The van der Waals surface area contributed by atoms with E-state index in [4.69, 9.17) is 5.11 Å². The second-order valence-corrected chi connectivity index (χ2v) is 7.18. The molecule has 0 aliphatic rings. The molecular formula is C21H42O2. The van der Waals surface area contributed by atoms with Crippen molar-refractivity contribution in [2.45, 2.75) is 123 Å². The fraction of sp³-hybridized carbons (Fsp3) is 0.952. The number of unbranched alkanes of at least 4 members (excludes halogenated alkanes) is 14. The fourth-order valence-corrected chi connectivity index (χ4v) is 3.26. The molecule has 0 heterocycles. The van der Waals surface area contributed by atoms with Gasteiger partial charge in [-0.05, 0) is 12.8 Å². The van der Waals surface area contributed by atoms with Crippen LogP contribution >= 0.6 is 0 Å². The second-order valence-electron chi connectivity index (χ2n) is 7.18. The average molecular weight is 327 g/mol. The van der Waals surface area contributed by atoms with Gasteiger partial charge >= 0.3 is 5.97 Å². The van der Waals surface area contributed by atoms with Crippen LogP contribution in [0, 0.1) is 5.92 Å². The zero-order valence-corrected chi connectivity index (χ0v) is 16.0. The molecule has 0 aliphatic carbocycles. The molecule has 0 bridgehead atoms. The van der Waals surface area contributed by atoms with E-state index in [2.05, 4.69) is 6.92 Å². The van der Waals surface area contributed by atoms with Crippen LogP contribution in [0.3, 0.4) is 0 Å². The lowest BCUT2D eigenvalue weighted by molar-refractivity contribution is -0.142. The number of hydrogen-bond acceptors (Lipinski definition) is 1. The SMILES string of the molecule is CCCCCCCCCCCCCCCCCC(CC)C(=O)O. The Balaban J connectivity index is 3.12. The molecule has 0 spiro atoms. The third-order valence-corrected chi connectivity index (χ3v) is 5.00. The summed E-state index contributed by atoms with van der Waals surface area (Å²) in [6.07, 6.45) is 22.1. The van der Waals surface area contributed by atoms with Crippen LogP contribution in [0.1, 0.15) is 123 Å². The maximum Gasteiger partial charge on any atom is 0.306 e. The first-order chi connectivity index (χ1) is 11.2. The molecule has 0 fully saturated rings. The normalized spacial score (nSPS) is 12.4. The first kappa shape index (κ1) is 22.5. The molecule has 0 radical (unpaired) electrons. The maximum atomic E-state index is 10.9. The van der Waals surface area contributed by atoms with Gasteiger partial charge in [0, 0.05) is 0 Å². The minimum absolute atomic E-state index is 0.114.